The van der Waals surface area contributed by atoms with Crippen LogP contribution in [-0.4, -0.2) is 18.0 Å². The van der Waals surface area contributed by atoms with Crippen LogP contribution in [0, 0.1) is 6.92 Å². The van der Waals surface area contributed by atoms with Gasteiger partial charge in [0.1, 0.15) is 0 Å². The summed E-state index contributed by atoms with van der Waals surface area (Å²) in [5.41, 5.74) is 4.21. The van der Waals surface area contributed by atoms with Gasteiger partial charge in [0, 0.05) is 5.56 Å². The quantitative estimate of drug-likeness (QED) is 0.650. The molecule has 0 saturated carbocycles. The van der Waals surface area contributed by atoms with E-state index in [-0.39, 0.29) is 18.1 Å². The van der Waals surface area contributed by atoms with Crippen molar-refractivity contribution >= 4 is 11.9 Å². The van der Waals surface area contributed by atoms with Crippen molar-refractivity contribution in [1.29, 1.82) is 0 Å². The predicted octanol–water partition coefficient (Wildman–Crippen LogP) is 4.58. The number of aryl methyl sites for hydroxylation is 2. The van der Waals surface area contributed by atoms with Crippen molar-refractivity contribution in [2.75, 3.05) is 0 Å². The van der Waals surface area contributed by atoms with Crippen molar-refractivity contribution in [2.24, 2.45) is 4.99 Å². The van der Waals surface area contributed by atoms with Crippen LogP contribution in [0.5, 0.6) is 0 Å². The number of nitrogens with one attached hydrogen (secondary N) is 1. The van der Waals surface area contributed by atoms with Gasteiger partial charge in [-0.3, -0.25) is 10.1 Å². The van der Waals surface area contributed by atoms with Crippen LogP contribution in [0.4, 0.5) is 0 Å². The Morgan fingerprint density at radius 2 is 2.00 bits per heavy atom. The molecule has 0 aromatic heterocycles. The fraction of sp³-hybridized carbons (Fsp3) is 0.364. The van der Waals surface area contributed by atoms with Crippen LogP contribution in [0.2, 0.25) is 0 Å². The summed E-state index contributed by atoms with van der Waals surface area (Å²) in [4.78, 5) is 17.4. The standard InChI is InChI=1S/C22H26N2O2/c1-15(2)26-22(24-21(25)18-11-6-8-16(3)14-18)23-20-13-7-10-17-9-4-5-12-19(17)20/h4-6,8-9,11-12,14-15,20H,7,10,13H2,1-3H3,(H,23,24,25)/t20-/m0/s1. The zero-order valence-electron chi connectivity index (χ0n) is 15.7. The first-order valence-corrected chi connectivity index (χ1v) is 9.23. The molecule has 0 aliphatic heterocycles. The van der Waals surface area contributed by atoms with E-state index in [0.29, 0.717) is 11.6 Å². The molecule has 4 nitrogen and oxygen atoms in total. The first-order valence-electron chi connectivity index (χ1n) is 9.23. The van der Waals surface area contributed by atoms with Crippen molar-refractivity contribution in [1.82, 2.24) is 5.32 Å². The highest BCUT2D eigenvalue weighted by atomic mass is 16.5. The smallest absolute Gasteiger partial charge is 0.292 e. The molecule has 136 valence electrons. The van der Waals surface area contributed by atoms with Gasteiger partial charge >= 0.3 is 0 Å². The fourth-order valence-electron chi connectivity index (χ4n) is 3.27. The third-order valence-electron chi connectivity index (χ3n) is 4.46. The van der Waals surface area contributed by atoms with Gasteiger partial charge in [-0.05, 0) is 63.3 Å². The van der Waals surface area contributed by atoms with Crippen LogP contribution in [-0.2, 0) is 11.2 Å². The Morgan fingerprint density at radius 1 is 1.19 bits per heavy atom. The zero-order valence-corrected chi connectivity index (χ0v) is 15.7. The summed E-state index contributed by atoms with van der Waals surface area (Å²) in [6.07, 6.45) is 3.07. The lowest BCUT2D eigenvalue weighted by molar-refractivity contribution is 0.0959. The van der Waals surface area contributed by atoms with Gasteiger partial charge in [-0.15, -0.1) is 0 Å². The van der Waals surface area contributed by atoms with Crippen LogP contribution in [0.15, 0.2) is 53.5 Å². The van der Waals surface area contributed by atoms with Crippen LogP contribution >= 0.6 is 0 Å². The normalized spacial score (nSPS) is 16.9. The molecule has 0 radical (unpaired) electrons. The second kappa shape index (κ2) is 8.17. The van der Waals surface area contributed by atoms with E-state index in [4.69, 9.17) is 9.73 Å². The number of amidine groups is 1. The SMILES string of the molecule is Cc1cccc(C(=O)NC(=N[C@H]2CCCc3ccccc32)OC(C)C)c1. The molecule has 0 unspecified atom stereocenters. The number of benzene rings is 2. The van der Waals surface area contributed by atoms with Crippen molar-refractivity contribution in [3.8, 4) is 0 Å². The van der Waals surface area contributed by atoms with Gasteiger partial charge < -0.3 is 4.74 Å². The van der Waals surface area contributed by atoms with Gasteiger partial charge in [-0.25, -0.2) is 4.99 Å². The number of carbonyl (C=O) groups is 1. The predicted molar refractivity (Wildman–Crippen MR) is 104 cm³/mol. The molecule has 3 rings (SSSR count). The summed E-state index contributed by atoms with van der Waals surface area (Å²) >= 11 is 0. The highest BCUT2D eigenvalue weighted by Gasteiger charge is 2.21. The topological polar surface area (TPSA) is 50.7 Å². The van der Waals surface area contributed by atoms with Gasteiger partial charge in [0.15, 0.2) is 0 Å². The second-order valence-electron chi connectivity index (χ2n) is 7.03. The molecule has 0 fully saturated rings. The Labute approximate surface area is 155 Å². The third-order valence-corrected chi connectivity index (χ3v) is 4.46. The number of ether oxygens (including phenoxy) is 1. The second-order valence-corrected chi connectivity index (χ2v) is 7.03. The number of hydrogen-bond donors (Lipinski definition) is 1. The molecule has 1 atom stereocenters. The summed E-state index contributed by atoms with van der Waals surface area (Å²) in [7, 11) is 0. The maximum atomic E-state index is 12.6. The zero-order chi connectivity index (χ0) is 18.5. The minimum Gasteiger partial charge on any atom is -0.462 e. The minimum absolute atomic E-state index is 0.0199. The molecule has 2 aromatic carbocycles. The lowest BCUT2D eigenvalue weighted by Crippen LogP contribution is -2.35. The lowest BCUT2D eigenvalue weighted by Gasteiger charge is -2.23. The van der Waals surface area contributed by atoms with E-state index in [1.165, 1.54) is 11.1 Å². The van der Waals surface area contributed by atoms with E-state index >= 15 is 0 Å². The van der Waals surface area contributed by atoms with Gasteiger partial charge in [-0.1, -0.05) is 42.0 Å². The highest BCUT2D eigenvalue weighted by Crippen LogP contribution is 2.32. The molecule has 2 aromatic rings. The molecule has 4 heteroatoms. The van der Waals surface area contributed by atoms with Gasteiger partial charge in [0.2, 0.25) is 0 Å². The van der Waals surface area contributed by atoms with E-state index in [1.54, 1.807) is 6.07 Å². The van der Waals surface area contributed by atoms with Crippen LogP contribution < -0.4 is 5.32 Å². The molecule has 26 heavy (non-hydrogen) atoms. The van der Waals surface area contributed by atoms with E-state index in [1.807, 2.05) is 45.0 Å². The maximum Gasteiger partial charge on any atom is 0.292 e. The molecule has 0 spiro atoms. The van der Waals surface area contributed by atoms with E-state index in [9.17, 15) is 4.79 Å². The number of aliphatic imine (C=N–C) groups is 1. The summed E-state index contributed by atoms with van der Waals surface area (Å²) in [6, 6.07) is 16.2. The number of fused-ring (bicyclic) bond motifs is 1. The van der Waals surface area contributed by atoms with E-state index in [0.717, 1.165) is 24.8 Å². The molecule has 0 saturated heterocycles. The van der Waals surface area contributed by atoms with Gasteiger partial charge in [-0.2, -0.15) is 0 Å². The number of nitrogens with zero attached hydrogens (tertiary/aromatic N) is 1. The first kappa shape index (κ1) is 18.2. The van der Waals surface area contributed by atoms with E-state index in [2.05, 4.69) is 23.5 Å². The Balaban J connectivity index is 1.84. The largest absolute Gasteiger partial charge is 0.462 e. The molecule has 0 heterocycles. The van der Waals surface area contributed by atoms with Crippen molar-refractivity contribution in [2.45, 2.75) is 52.2 Å². The highest BCUT2D eigenvalue weighted by molar-refractivity contribution is 6.04. The van der Waals surface area contributed by atoms with Gasteiger partial charge in [0.25, 0.3) is 11.9 Å². The molecule has 1 amide bonds. The Bertz CT molecular complexity index is 811. The molecule has 0 bridgehead atoms. The third kappa shape index (κ3) is 4.51. The van der Waals surface area contributed by atoms with Crippen LogP contribution in [0.3, 0.4) is 0 Å². The molecule has 1 aliphatic carbocycles. The Kier molecular flexibility index (Phi) is 5.71. The molecular weight excluding hydrogens is 324 g/mol. The average molecular weight is 350 g/mol. The van der Waals surface area contributed by atoms with Crippen LogP contribution in [0.1, 0.15) is 59.8 Å². The molecule has 1 aliphatic rings. The maximum absolute atomic E-state index is 12.6. The van der Waals surface area contributed by atoms with Gasteiger partial charge in [0.05, 0.1) is 12.1 Å². The van der Waals surface area contributed by atoms with Crippen molar-refractivity contribution in [3.63, 3.8) is 0 Å². The molecule has 1 N–H and O–H groups in total. The van der Waals surface area contributed by atoms with E-state index < -0.39 is 0 Å². The number of hydrogen-bond acceptors (Lipinski definition) is 3. The van der Waals surface area contributed by atoms with Crippen molar-refractivity contribution in [3.05, 3.63) is 70.8 Å². The number of rotatable bonds is 3. The first-order chi connectivity index (χ1) is 12.5. The summed E-state index contributed by atoms with van der Waals surface area (Å²) in [5.74, 6) is -0.197. The number of amides is 1. The van der Waals surface area contributed by atoms with Crippen molar-refractivity contribution < 1.29 is 9.53 Å². The Morgan fingerprint density at radius 3 is 2.77 bits per heavy atom. The fourth-order valence-corrected chi connectivity index (χ4v) is 3.27. The number of carbonyl (C=O) groups excluding carboxylic acids is 1. The molecular formula is C22H26N2O2. The summed E-state index contributed by atoms with van der Waals surface area (Å²) < 4.78 is 5.81. The summed E-state index contributed by atoms with van der Waals surface area (Å²) in [6.45, 7) is 5.83. The minimum atomic E-state index is -0.197. The lowest BCUT2D eigenvalue weighted by atomic mass is 9.88. The average Bonchev–Trinajstić information content (AvgIpc) is 2.61. The summed E-state index contributed by atoms with van der Waals surface area (Å²) in [5, 5.41) is 2.86. The Hall–Kier alpha value is -2.62. The van der Waals surface area contributed by atoms with Crippen LogP contribution in [0.25, 0.3) is 0 Å². The monoisotopic (exact) mass is 350 g/mol.